The molecule has 0 amide bonds. The molecule has 3 aromatic rings. The van der Waals surface area contributed by atoms with Crippen molar-refractivity contribution in [3.63, 3.8) is 0 Å². The molecule has 22 heavy (non-hydrogen) atoms. The summed E-state index contributed by atoms with van der Waals surface area (Å²) in [6, 6.07) is 10.1. The zero-order valence-corrected chi connectivity index (χ0v) is 11.1. The lowest BCUT2D eigenvalue weighted by atomic mass is 10.1. The normalized spacial score (nSPS) is 10.5. The zero-order valence-electron chi connectivity index (χ0n) is 11.1. The Balaban J connectivity index is 2.27. The Hall–Kier alpha value is -3.33. The maximum atomic E-state index is 13.5. The molecule has 5 nitrogen and oxygen atoms in total. The molecule has 0 aliphatic rings. The largest absolute Gasteiger partial charge is 0.507 e. The van der Waals surface area contributed by atoms with Crippen molar-refractivity contribution in [3.05, 3.63) is 59.5 Å². The molecule has 3 rings (SSSR count). The van der Waals surface area contributed by atoms with E-state index in [1.807, 2.05) is 6.07 Å². The number of benzene rings is 2. The molecular formula is C16H9FN2O3. The zero-order chi connectivity index (χ0) is 15.9. The second kappa shape index (κ2) is 4.90. The van der Waals surface area contributed by atoms with E-state index in [1.54, 1.807) is 0 Å². The van der Waals surface area contributed by atoms with Crippen LogP contribution in [0.1, 0.15) is 15.9 Å². The topological polar surface area (TPSA) is 86.2 Å². The molecule has 2 N–H and O–H groups in total. The van der Waals surface area contributed by atoms with E-state index >= 15 is 0 Å². The van der Waals surface area contributed by atoms with Crippen LogP contribution in [0.4, 0.5) is 4.39 Å². The number of aromatic carboxylic acids is 1. The maximum absolute atomic E-state index is 13.5. The lowest BCUT2D eigenvalue weighted by Gasteiger charge is -2.07. The highest BCUT2D eigenvalue weighted by Crippen LogP contribution is 2.28. The first-order valence-electron chi connectivity index (χ1n) is 6.28. The molecule has 0 unspecified atom stereocenters. The Bertz CT molecular complexity index is 954. The summed E-state index contributed by atoms with van der Waals surface area (Å²) in [7, 11) is 0. The van der Waals surface area contributed by atoms with Crippen molar-refractivity contribution >= 4 is 16.9 Å². The van der Waals surface area contributed by atoms with Crippen LogP contribution >= 0.6 is 0 Å². The summed E-state index contributed by atoms with van der Waals surface area (Å²) in [6.45, 7) is 0. The summed E-state index contributed by atoms with van der Waals surface area (Å²) in [5, 5.41) is 28.4. The Morgan fingerprint density at radius 2 is 2.00 bits per heavy atom. The fourth-order valence-corrected chi connectivity index (χ4v) is 2.35. The number of nitrogens with zero attached hydrogens (tertiary/aromatic N) is 2. The summed E-state index contributed by atoms with van der Waals surface area (Å²) in [4.78, 5) is 10.9. The van der Waals surface area contributed by atoms with Crippen LogP contribution in [-0.2, 0) is 0 Å². The minimum atomic E-state index is -1.25. The summed E-state index contributed by atoms with van der Waals surface area (Å²) in [6.07, 6.45) is 1.51. The van der Waals surface area contributed by atoms with Gasteiger partial charge in [0.2, 0.25) is 0 Å². The highest BCUT2D eigenvalue weighted by molar-refractivity contribution is 5.92. The number of nitriles is 1. The van der Waals surface area contributed by atoms with E-state index in [2.05, 4.69) is 0 Å². The molecule has 0 radical (unpaired) electrons. The van der Waals surface area contributed by atoms with Gasteiger partial charge in [0.15, 0.2) is 0 Å². The average Bonchev–Trinajstić information content (AvgIpc) is 2.84. The Morgan fingerprint density at radius 3 is 2.64 bits per heavy atom. The highest BCUT2D eigenvalue weighted by Gasteiger charge is 2.14. The van der Waals surface area contributed by atoms with Gasteiger partial charge >= 0.3 is 5.97 Å². The third-order valence-corrected chi connectivity index (χ3v) is 3.38. The van der Waals surface area contributed by atoms with Crippen LogP contribution in [0.5, 0.6) is 5.75 Å². The Kier molecular flexibility index (Phi) is 3.04. The Morgan fingerprint density at radius 1 is 1.23 bits per heavy atom. The minimum absolute atomic E-state index is 0.230. The first kappa shape index (κ1) is 13.6. The molecule has 1 heterocycles. The van der Waals surface area contributed by atoms with E-state index in [9.17, 15) is 14.3 Å². The standard InChI is InChI=1S/C16H9FN2O3/c17-10-1-3-12-9(7-18)8-19(14(12)5-10)11-2-4-13(16(21)22)15(20)6-11/h1-6,8,20H,(H,21,22). The second-order valence-corrected chi connectivity index (χ2v) is 4.69. The molecule has 0 atom stereocenters. The number of aromatic nitrogens is 1. The molecule has 2 aromatic carbocycles. The Labute approximate surface area is 124 Å². The number of fused-ring (bicyclic) bond motifs is 1. The first-order chi connectivity index (χ1) is 10.5. The molecule has 0 saturated heterocycles. The van der Waals surface area contributed by atoms with Crippen LogP contribution in [0.3, 0.4) is 0 Å². The number of carbonyl (C=O) groups is 1. The number of aromatic hydroxyl groups is 1. The van der Waals surface area contributed by atoms with Crippen molar-refractivity contribution in [3.8, 4) is 17.5 Å². The molecule has 0 spiro atoms. The summed E-state index contributed by atoms with van der Waals surface area (Å²) in [5.74, 6) is -2.10. The first-order valence-corrected chi connectivity index (χ1v) is 6.28. The number of carboxylic acid groups (broad SMARTS) is 1. The lowest BCUT2D eigenvalue weighted by molar-refractivity contribution is 0.0694. The van der Waals surface area contributed by atoms with E-state index in [0.717, 1.165) is 0 Å². The molecule has 6 heteroatoms. The predicted molar refractivity (Wildman–Crippen MR) is 76.6 cm³/mol. The van der Waals surface area contributed by atoms with Crippen molar-refractivity contribution in [2.24, 2.45) is 0 Å². The van der Waals surface area contributed by atoms with Crippen LogP contribution in [0, 0.1) is 17.1 Å². The van der Waals surface area contributed by atoms with Gasteiger partial charge in [-0.05, 0) is 30.3 Å². The van der Waals surface area contributed by atoms with Gasteiger partial charge < -0.3 is 14.8 Å². The van der Waals surface area contributed by atoms with Crippen LogP contribution in [0.2, 0.25) is 0 Å². The molecule has 1 aromatic heterocycles. The molecule has 0 aliphatic heterocycles. The molecule has 108 valence electrons. The second-order valence-electron chi connectivity index (χ2n) is 4.69. The summed E-state index contributed by atoms with van der Waals surface area (Å²) >= 11 is 0. The van der Waals surface area contributed by atoms with Crippen molar-refractivity contribution < 1.29 is 19.4 Å². The van der Waals surface area contributed by atoms with E-state index in [1.165, 1.54) is 47.2 Å². The third kappa shape index (κ3) is 2.05. The van der Waals surface area contributed by atoms with E-state index in [0.29, 0.717) is 22.2 Å². The number of rotatable bonds is 2. The number of phenols is 1. The fraction of sp³-hybridized carbons (Fsp3) is 0. The maximum Gasteiger partial charge on any atom is 0.339 e. The SMILES string of the molecule is N#Cc1cn(-c2ccc(C(=O)O)c(O)c2)c2cc(F)ccc12. The van der Waals surface area contributed by atoms with Gasteiger partial charge in [-0.25, -0.2) is 9.18 Å². The van der Waals surface area contributed by atoms with E-state index in [4.69, 9.17) is 10.4 Å². The van der Waals surface area contributed by atoms with Crippen molar-refractivity contribution in [2.45, 2.75) is 0 Å². The van der Waals surface area contributed by atoms with Gasteiger partial charge in [0, 0.05) is 23.3 Å². The monoisotopic (exact) mass is 296 g/mol. The molecule has 0 aliphatic carbocycles. The van der Waals surface area contributed by atoms with Crippen molar-refractivity contribution in [2.75, 3.05) is 0 Å². The van der Waals surface area contributed by atoms with Gasteiger partial charge in [0.25, 0.3) is 0 Å². The molecular weight excluding hydrogens is 287 g/mol. The van der Waals surface area contributed by atoms with Gasteiger partial charge in [-0.1, -0.05) is 0 Å². The van der Waals surface area contributed by atoms with E-state index < -0.39 is 17.5 Å². The average molecular weight is 296 g/mol. The molecule has 0 bridgehead atoms. The summed E-state index contributed by atoms with van der Waals surface area (Å²) < 4.78 is 15.0. The van der Waals surface area contributed by atoms with Crippen molar-refractivity contribution in [1.29, 1.82) is 5.26 Å². The van der Waals surface area contributed by atoms with Gasteiger partial charge in [-0.3, -0.25) is 0 Å². The number of hydrogen-bond donors (Lipinski definition) is 2. The fourth-order valence-electron chi connectivity index (χ4n) is 2.35. The third-order valence-electron chi connectivity index (χ3n) is 3.38. The highest BCUT2D eigenvalue weighted by atomic mass is 19.1. The predicted octanol–water partition coefficient (Wildman–Crippen LogP) is 3.05. The summed E-state index contributed by atoms with van der Waals surface area (Å²) in [5.41, 5.74) is 1.02. The van der Waals surface area contributed by atoms with Crippen LogP contribution in [0.15, 0.2) is 42.6 Å². The smallest absolute Gasteiger partial charge is 0.339 e. The van der Waals surface area contributed by atoms with Crippen LogP contribution < -0.4 is 0 Å². The molecule has 0 saturated carbocycles. The van der Waals surface area contributed by atoms with Crippen LogP contribution in [-0.4, -0.2) is 20.7 Å². The van der Waals surface area contributed by atoms with Crippen LogP contribution in [0.25, 0.3) is 16.6 Å². The molecule has 0 fully saturated rings. The quantitative estimate of drug-likeness (QED) is 0.761. The van der Waals surface area contributed by atoms with E-state index in [-0.39, 0.29) is 5.56 Å². The van der Waals surface area contributed by atoms with Gasteiger partial charge in [0.1, 0.15) is 23.2 Å². The number of halogens is 1. The van der Waals surface area contributed by atoms with Gasteiger partial charge in [-0.2, -0.15) is 5.26 Å². The van der Waals surface area contributed by atoms with Gasteiger partial charge in [-0.15, -0.1) is 0 Å². The number of carboxylic acids is 1. The lowest BCUT2D eigenvalue weighted by Crippen LogP contribution is -1.99. The van der Waals surface area contributed by atoms with Gasteiger partial charge in [0.05, 0.1) is 11.1 Å². The number of hydrogen-bond acceptors (Lipinski definition) is 3. The van der Waals surface area contributed by atoms with Crippen molar-refractivity contribution in [1.82, 2.24) is 4.57 Å². The minimum Gasteiger partial charge on any atom is -0.507 e.